The van der Waals surface area contributed by atoms with E-state index in [1.54, 1.807) is 0 Å². The molecule has 0 saturated carbocycles. The van der Waals surface area contributed by atoms with Gasteiger partial charge in [-0.05, 0) is 30.5 Å². The Morgan fingerprint density at radius 1 is 1.04 bits per heavy atom. The Balaban J connectivity index is 1.88. The highest BCUT2D eigenvalue weighted by molar-refractivity contribution is 5.70. The van der Waals surface area contributed by atoms with E-state index in [2.05, 4.69) is 11.8 Å². The number of aliphatic hydroxyl groups is 1. The van der Waals surface area contributed by atoms with E-state index in [9.17, 15) is 4.79 Å². The third kappa shape index (κ3) is 3.84. The number of carbonyl (C=O) groups excluding carboxylic acids is 1. The van der Waals surface area contributed by atoms with Crippen LogP contribution in [0.4, 0.5) is 0 Å². The van der Waals surface area contributed by atoms with Gasteiger partial charge >= 0.3 is 5.97 Å². The fourth-order valence-corrected chi connectivity index (χ4v) is 2.86. The number of benzene rings is 2. The number of carbonyl (C=O) groups is 1. The van der Waals surface area contributed by atoms with Crippen molar-refractivity contribution >= 4 is 5.97 Å². The number of fused-ring (bicyclic) bond motifs is 2. The fraction of sp³-hybridized carbons (Fsp3) is 0.286. The number of rotatable bonds is 5. The Bertz CT molecular complexity index is 783. The van der Waals surface area contributed by atoms with Crippen LogP contribution in [0.25, 0.3) is 0 Å². The molecular formula is C21H20O3. The molecule has 1 aliphatic rings. The second-order valence-electron chi connectivity index (χ2n) is 5.86. The topological polar surface area (TPSA) is 46.5 Å². The molecule has 0 fully saturated rings. The van der Waals surface area contributed by atoms with Crippen LogP contribution in [0.3, 0.4) is 0 Å². The SMILES string of the molecule is O=C(CCCCO)OC1Cc2ccccc2C#Cc2ccccc21. The Labute approximate surface area is 142 Å². The van der Waals surface area contributed by atoms with E-state index in [0.717, 1.165) is 22.3 Å². The number of hydrogen-bond acceptors (Lipinski definition) is 3. The van der Waals surface area contributed by atoms with Crippen LogP contribution in [0.2, 0.25) is 0 Å². The van der Waals surface area contributed by atoms with Crippen molar-refractivity contribution < 1.29 is 14.6 Å². The lowest BCUT2D eigenvalue weighted by molar-refractivity contribution is -0.149. The summed E-state index contributed by atoms with van der Waals surface area (Å²) in [6.07, 6.45) is 1.86. The summed E-state index contributed by atoms with van der Waals surface area (Å²) < 4.78 is 5.77. The molecule has 0 aliphatic heterocycles. The van der Waals surface area contributed by atoms with Gasteiger partial charge in [0.25, 0.3) is 0 Å². The minimum Gasteiger partial charge on any atom is -0.457 e. The van der Waals surface area contributed by atoms with Crippen molar-refractivity contribution in [3.63, 3.8) is 0 Å². The zero-order chi connectivity index (χ0) is 16.8. The first-order chi connectivity index (χ1) is 11.8. The molecule has 0 spiro atoms. The van der Waals surface area contributed by atoms with Gasteiger partial charge in [-0.15, -0.1) is 0 Å². The van der Waals surface area contributed by atoms with Gasteiger partial charge < -0.3 is 9.84 Å². The second kappa shape index (κ2) is 7.81. The molecule has 3 rings (SSSR count). The summed E-state index contributed by atoms with van der Waals surface area (Å²) in [5.41, 5.74) is 3.93. The maximum atomic E-state index is 12.2. The molecule has 24 heavy (non-hydrogen) atoms. The number of esters is 1. The summed E-state index contributed by atoms with van der Waals surface area (Å²) in [4.78, 5) is 12.2. The quantitative estimate of drug-likeness (QED) is 0.522. The Hall–Kier alpha value is -2.57. The van der Waals surface area contributed by atoms with Crippen LogP contribution >= 0.6 is 0 Å². The summed E-state index contributed by atoms with van der Waals surface area (Å²) in [6.45, 7) is 0.0997. The number of aliphatic hydroxyl groups excluding tert-OH is 1. The van der Waals surface area contributed by atoms with Crippen molar-refractivity contribution in [2.45, 2.75) is 31.8 Å². The van der Waals surface area contributed by atoms with Gasteiger partial charge in [0.05, 0.1) is 0 Å². The molecule has 0 bridgehead atoms. The molecule has 2 aromatic carbocycles. The van der Waals surface area contributed by atoms with Gasteiger partial charge in [-0.2, -0.15) is 0 Å². The first-order valence-electron chi connectivity index (χ1n) is 8.27. The second-order valence-corrected chi connectivity index (χ2v) is 5.86. The minimum absolute atomic E-state index is 0.0997. The third-order valence-corrected chi connectivity index (χ3v) is 4.12. The molecule has 0 radical (unpaired) electrons. The van der Waals surface area contributed by atoms with Gasteiger partial charge in [0.15, 0.2) is 0 Å². The fourth-order valence-electron chi connectivity index (χ4n) is 2.86. The zero-order valence-electron chi connectivity index (χ0n) is 13.5. The van der Waals surface area contributed by atoms with Crippen molar-refractivity contribution in [3.05, 3.63) is 70.8 Å². The molecule has 2 aromatic rings. The molecule has 0 saturated heterocycles. The molecular weight excluding hydrogens is 300 g/mol. The van der Waals surface area contributed by atoms with E-state index in [0.29, 0.717) is 25.7 Å². The van der Waals surface area contributed by atoms with E-state index in [-0.39, 0.29) is 18.7 Å². The van der Waals surface area contributed by atoms with E-state index in [1.807, 2.05) is 48.5 Å². The first kappa shape index (κ1) is 16.3. The van der Waals surface area contributed by atoms with Crippen LogP contribution in [0.1, 0.15) is 47.6 Å². The lowest BCUT2D eigenvalue weighted by Gasteiger charge is -2.22. The molecule has 0 amide bonds. The summed E-state index contributed by atoms with van der Waals surface area (Å²) in [6, 6.07) is 15.8. The third-order valence-electron chi connectivity index (χ3n) is 4.12. The summed E-state index contributed by atoms with van der Waals surface area (Å²) in [5, 5.41) is 8.84. The standard InChI is InChI=1S/C21H20O3/c22-14-6-5-11-21(23)24-20-15-18-9-2-1-7-16(18)12-13-17-8-3-4-10-19(17)20/h1-4,7-10,20,22H,5-6,11,14-15H2. The molecule has 1 atom stereocenters. The van der Waals surface area contributed by atoms with Gasteiger partial charge in [-0.1, -0.05) is 48.2 Å². The average molecular weight is 320 g/mol. The monoisotopic (exact) mass is 320 g/mol. The van der Waals surface area contributed by atoms with Crippen LogP contribution < -0.4 is 0 Å². The van der Waals surface area contributed by atoms with Gasteiger partial charge in [0, 0.05) is 36.1 Å². The first-order valence-corrected chi connectivity index (χ1v) is 8.27. The number of unbranched alkanes of at least 4 members (excludes halogenated alkanes) is 1. The highest BCUT2D eigenvalue weighted by Gasteiger charge is 2.22. The zero-order valence-corrected chi connectivity index (χ0v) is 13.5. The Kier molecular flexibility index (Phi) is 5.30. The summed E-state index contributed by atoms with van der Waals surface area (Å²) in [5.74, 6) is 6.19. The summed E-state index contributed by atoms with van der Waals surface area (Å²) >= 11 is 0. The highest BCUT2D eigenvalue weighted by atomic mass is 16.5. The molecule has 1 unspecified atom stereocenters. The van der Waals surface area contributed by atoms with Crippen LogP contribution in [-0.4, -0.2) is 17.7 Å². The maximum absolute atomic E-state index is 12.2. The average Bonchev–Trinajstić information content (AvgIpc) is 2.59. The van der Waals surface area contributed by atoms with Crippen LogP contribution in [0, 0.1) is 11.8 Å². The molecule has 1 aliphatic carbocycles. The van der Waals surface area contributed by atoms with Crippen LogP contribution in [0.5, 0.6) is 0 Å². The number of ether oxygens (including phenoxy) is 1. The molecule has 3 nitrogen and oxygen atoms in total. The van der Waals surface area contributed by atoms with E-state index >= 15 is 0 Å². The van der Waals surface area contributed by atoms with Gasteiger partial charge in [0.2, 0.25) is 0 Å². The van der Waals surface area contributed by atoms with E-state index in [4.69, 9.17) is 9.84 Å². The molecule has 1 N–H and O–H groups in total. The van der Waals surface area contributed by atoms with Gasteiger partial charge in [-0.3, -0.25) is 4.79 Å². The van der Waals surface area contributed by atoms with Gasteiger partial charge in [-0.25, -0.2) is 0 Å². The van der Waals surface area contributed by atoms with E-state index < -0.39 is 0 Å². The van der Waals surface area contributed by atoms with Crippen molar-refractivity contribution in [1.82, 2.24) is 0 Å². The molecule has 0 aromatic heterocycles. The lowest BCUT2D eigenvalue weighted by Crippen LogP contribution is -2.16. The molecule has 0 heterocycles. The molecule has 3 heteroatoms. The maximum Gasteiger partial charge on any atom is 0.306 e. The van der Waals surface area contributed by atoms with Crippen molar-refractivity contribution in [2.75, 3.05) is 6.61 Å². The summed E-state index contributed by atoms with van der Waals surface area (Å²) in [7, 11) is 0. The molecule has 122 valence electrons. The van der Waals surface area contributed by atoms with Crippen molar-refractivity contribution in [1.29, 1.82) is 0 Å². The highest BCUT2D eigenvalue weighted by Crippen LogP contribution is 2.28. The Morgan fingerprint density at radius 2 is 1.75 bits per heavy atom. The lowest BCUT2D eigenvalue weighted by atomic mass is 9.92. The van der Waals surface area contributed by atoms with E-state index in [1.165, 1.54) is 0 Å². The van der Waals surface area contributed by atoms with Crippen molar-refractivity contribution in [3.8, 4) is 11.8 Å². The van der Waals surface area contributed by atoms with Crippen molar-refractivity contribution in [2.24, 2.45) is 0 Å². The minimum atomic E-state index is -0.335. The normalized spacial score (nSPS) is 15.1. The van der Waals surface area contributed by atoms with Gasteiger partial charge in [0.1, 0.15) is 6.10 Å². The van der Waals surface area contributed by atoms with Crippen LogP contribution in [0.15, 0.2) is 48.5 Å². The predicted octanol–water partition coefficient (Wildman–Crippen LogP) is 3.39. The smallest absolute Gasteiger partial charge is 0.306 e. The predicted molar refractivity (Wildman–Crippen MR) is 92.3 cm³/mol. The van der Waals surface area contributed by atoms with Crippen LogP contribution in [-0.2, 0) is 16.0 Å². The largest absolute Gasteiger partial charge is 0.457 e. The number of hydrogen-bond donors (Lipinski definition) is 1. The Morgan fingerprint density at radius 3 is 2.58 bits per heavy atom.